The molecule has 1 aromatic carbocycles. The molecule has 0 radical (unpaired) electrons. The molecule has 0 aromatic heterocycles. The van der Waals surface area contributed by atoms with Crippen molar-refractivity contribution < 1.29 is 13.0 Å². The van der Waals surface area contributed by atoms with Gasteiger partial charge in [-0.3, -0.25) is 4.21 Å². The van der Waals surface area contributed by atoms with E-state index in [0.717, 1.165) is 37.7 Å². The highest BCUT2D eigenvalue weighted by Gasteiger charge is 2.10. The largest absolute Gasteiger partial charge is 0.317 e. The molecular weight excluding hydrogens is 244 g/mol. The highest BCUT2D eigenvalue weighted by atomic mass is 32.2. The molecule has 1 rings (SSSR count). The highest BCUT2D eigenvalue weighted by molar-refractivity contribution is 7.85. The fourth-order valence-corrected chi connectivity index (χ4v) is 2.55. The van der Waals surface area contributed by atoms with E-state index in [2.05, 4.69) is 12.2 Å². The number of hydrogen-bond donors (Lipinski definition) is 1. The monoisotopic (exact) mass is 261 g/mol. The van der Waals surface area contributed by atoms with E-state index in [1.165, 1.54) is 0 Å². The molecule has 0 saturated carbocycles. The van der Waals surface area contributed by atoms with Crippen LogP contribution in [0.1, 0.15) is 19.8 Å². The summed E-state index contributed by atoms with van der Waals surface area (Å²) >= 11 is 0. The molecule has 0 fully saturated rings. The predicted octanol–water partition coefficient (Wildman–Crippen LogP) is 2.46. The number of benzene rings is 1. The Morgan fingerprint density at radius 3 is 2.76 bits per heavy atom. The summed E-state index contributed by atoms with van der Waals surface area (Å²) in [5.74, 6) is -0.818. The lowest BCUT2D eigenvalue weighted by molar-refractivity contribution is 0.571. The average Bonchev–Trinajstić information content (AvgIpc) is 2.32. The first-order valence-electron chi connectivity index (χ1n) is 5.69. The summed E-state index contributed by atoms with van der Waals surface area (Å²) in [5, 5.41) is 3.17. The third-order valence-electron chi connectivity index (χ3n) is 2.25. The van der Waals surface area contributed by atoms with E-state index in [4.69, 9.17) is 0 Å². The van der Waals surface area contributed by atoms with Crippen molar-refractivity contribution in [3.05, 3.63) is 29.8 Å². The van der Waals surface area contributed by atoms with Crippen molar-refractivity contribution in [3.8, 4) is 0 Å². The van der Waals surface area contributed by atoms with E-state index in [1.54, 1.807) is 0 Å². The zero-order valence-corrected chi connectivity index (χ0v) is 10.7. The first-order valence-corrected chi connectivity index (χ1v) is 7.01. The van der Waals surface area contributed by atoms with Crippen molar-refractivity contribution in [2.75, 3.05) is 18.8 Å². The maximum atomic E-state index is 13.3. The minimum Gasteiger partial charge on any atom is -0.317 e. The van der Waals surface area contributed by atoms with E-state index in [1.807, 2.05) is 0 Å². The van der Waals surface area contributed by atoms with Crippen LogP contribution in [0.2, 0.25) is 0 Å². The van der Waals surface area contributed by atoms with Crippen LogP contribution >= 0.6 is 0 Å². The summed E-state index contributed by atoms with van der Waals surface area (Å²) in [6.07, 6.45) is 1.73. The minimum absolute atomic E-state index is 0.0412. The van der Waals surface area contributed by atoms with Crippen LogP contribution in [0.5, 0.6) is 0 Å². The summed E-state index contributed by atoms with van der Waals surface area (Å²) < 4.78 is 37.9. The van der Waals surface area contributed by atoms with E-state index in [9.17, 15) is 13.0 Å². The number of nitrogens with one attached hydrogen (secondary N) is 1. The Balaban J connectivity index is 2.44. The normalized spacial score (nSPS) is 12.6. The second-order valence-corrected chi connectivity index (χ2v) is 5.27. The molecule has 0 spiro atoms. The lowest BCUT2D eigenvalue weighted by atomic mass is 10.3. The summed E-state index contributed by atoms with van der Waals surface area (Å²) in [6, 6.07) is 3.04. The van der Waals surface area contributed by atoms with Gasteiger partial charge in [0, 0.05) is 5.75 Å². The number of rotatable bonds is 7. The molecule has 0 aliphatic heterocycles. The Morgan fingerprint density at radius 1 is 1.29 bits per heavy atom. The SMILES string of the molecule is CCCNCCCS(=O)c1cc(F)ccc1F. The fourth-order valence-electron chi connectivity index (χ4n) is 1.39. The zero-order chi connectivity index (χ0) is 12.7. The Morgan fingerprint density at radius 2 is 2.06 bits per heavy atom. The van der Waals surface area contributed by atoms with Crippen LogP contribution < -0.4 is 5.32 Å². The van der Waals surface area contributed by atoms with Crippen molar-refractivity contribution in [3.63, 3.8) is 0 Å². The Kier molecular flexibility index (Phi) is 6.29. The molecule has 0 saturated heterocycles. The van der Waals surface area contributed by atoms with Gasteiger partial charge < -0.3 is 5.32 Å². The van der Waals surface area contributed by atoms with Gasteiger partial charge in [0.05, 0.1) is 15.7 Å². The van der Waals surface area contributed by atoms with Crippen LogP contribution in [0.25, 0.3) is 0 Å². The van der Waals surface area contributed by atoms with Crippen LogP contribution in [0.15, 0.2) is 23.1 Å². The van der Waals surface area contributed by atoms with Crippen molar-refractivity contribution in [2.24, 2.45) is 0 Å². The third kappa shape index (κ3) is 4.91. The van der Waals surface area contributed by atoms with Crippen molar-refractivity contribution in [2.45, 2.75) is 24.7 Å². The Bertz CT molecular complexity index is 385. The highest BCUT2D eigenvalue weighted by Crippen LogP contribution is 2.14. The summed E-state index contributed by atoms with van der Waals surface area (Å²) in [6.45, 7) is 3.73. The van der Waals surface area contributed by atoms with E-state index < -0.39 is 22.4 Å². The van der Waals surface area contributed by atoms with Gasteiger partial charge in [-0.15, -0.1) is 0 Å². The molecule has 0 aliphatic rings. The topological polar surface area (TPSA) is 29.1 Å². The summed E-state index contributed by atoms with van der Waals surface area (Å²) in [7, 11) is -1.47. The smallest absolute Gasteiger partial charge is 0.139 e. The predicted molar refractivity (Wildman–Crippen MR) is 65.4 cm³/mol. The second kappa shape index (κ2) is 7.50. The summed E-state index contributed by atoms with van der Waals surface area (Å²) in [4.78, 5) is -0.0412. The van der Waals surface area contributed by atoms with E-state index in [-0.39, 0.29) is 4.90 Å². The summed E-state index contributed by atoms with van der Waals surface area (Å²) in [5.41, 5.74) is 0. The van der Waals surface area contributed by atoms with Crippen LogP contribution in [-0.2, 0) is 10.8 Å². The van der Waals surface area contributed by atoms with Crippen LogP contribution in [0.3, 0.4) is 0 Å². The molecule has 1 unspecified atom stereocenters. The molecule has 0 heterocycles. The molecule has 1 N–H and O–H groups in total. The molecule has 0 bridgehead atoms. The maximum Gasteiger partial charge on any atom is 0.139 e. The minimum atomic E-state index is -1.47. The van der Waals surface area contributed by atoms with Gasteiger partial charge in [-0.05, 0) is 44.1 Å². The molecule has 5 heteroatoms. The molecule has 96 valence electrons. The van der Waals surface area contributed by atoms with Gasteiger partial charge in [0.25, 0.3) is 0 Å². The Hall–Kier alpha value is -0.810. The lowest BCUT2D eigenvalue weighted by Gasteiger charge is -2.05. The van der Waals surface area contributed by atoms with Crippen molar-refractivity contribution >= 4 is 10.8 Å². The molecule has 1 atom stereocenters. The van der Waals surface area contributed by atoms with E-state index in [0.29, 0.717) is 12.2 Å². The van der Waals surface area contributed by atoms with Gasteiger partial charge >= 0.3 is 0 Å². The zero-order valence-electron chi connectivity index (χ0n) is 9.84. The van der Waals surface area contributed by atoms with Crippen molar-refractivity contribution in [1.82, 2.24) is 5.32 Å². The third-order valence-corrected chi connectivity index (χ3v) is 3.71. The number of halogens is 2. The molecule has 0 aliphatic carbocycles. The van der Waals surface area contributed by atoms with Crippen molar-refractivity contribution in [1.29, 1.82) is 0 Å². The molecule has 2 nitrogen and oxygen atoms in total. The van der Waals surface area contributed by atoms with Gasteiger partial charge in [0.15, 0.2) is 0 Å². The van der Waals surface area contributed by atoms with Gasteiger partial charge in [-0.1, -0.05) is 6.92 Å². The lowest BCUT2D eigenvalue weighted by Crippen LogP contribution is -2.18. The second-order valence-electron chi connectivity index (χ2n) is 3.73. The maximum absolute atomic E-state index is 13.3. The quantitative estimate of drug-likeness (QED) is 0.764. The van der Waals surface area contributed by atoms with Gasteiger partial charge in [-0.2, -0.15) is 0 Å². The van der Waals surface area contributed by atoms with E-state index >= 15 is 0 Å². The first kappa shape index (κ1) is 14.3. The molecule has 1 aromatic rings. The van der Waals surface area contributed by atoms with Gasteiger partial charge in [-0.25, -0.2) is 8.78 Å². The molecular formula is C12H17F2NOS. The van der Waals surface area contributed by atoms with Gasteiger partial charge in [0.2, 0.25) is 0 Å². The van der Waals surface area contributed by atoms with Crippen LogP contribution in [-0.4, -0.2) is 23.1 Å². The molecule has 17 heavy (non-hydrogen) atoms. The van der Waals surface area contributed by atoms with Crippen LogP contribution in [0.4, 0.5) is 8.78 Å². The number of hydrogen-bond acceptors (Lipinski definition) is 2. The van der Waals surface area contributed by atoms with Gasteiger partial charge in [0.1, 0.15) is 11.6 Å². The van der Waals surface area contributed by atoms with Crippen LogP contribution in [0, 0.1) is 11.6 Å². The molecule has 0 amide bonds. The first-order chi connectivity index (χ1) is 8.15. The fraction of sp³-hybridized carbons (Fsp3) is 0.500. The standard InChI is InChI=1S/C12H17F2NOS/c1-2-6-15-7-3-8-17(16)12-9-10(13)4-5-11(12)14/h4-5,9,15H,2-3,6-8H2,1H3. The Labute approximate surface area is 103 Å². The average molecular weight is 261 g/mol.